The van der Waals surface area contributed by atoms with E-state index in [1.54, 1.807) is 13.1 Å². The van der Waals surface area contributed by atoms with Crippen LogP contribution < -0.4 is 16.0 Å². The molecule has 0 radical (unpaired) electrons. The van der Waals surface area contributed by atoms with E-state index in [1.165, 1.54) is 6.20 Å². The van der Waals surface area contributed by atoms with Gasteiger partial charge in [-0.25, -0.2) is 9.97 Å². The zero-order chi connectivity index (χ0) is 22.7. The van der Waals surface area contributed by atoms with E-state index < -0.39 is 0 Å². The molecule has 4 rings (SSSR count). The number of fused-ring (bicyclic) bond motifs is 1. The quantitative estimate of drug-likeness (QED) is 0.434. The van der Waals surface area contributed by atoms with Gasteiger partial charge in [0.1, 0.15) is 5.69 Å². The first-order valence-corrected chi connectivity index (χ1v) is 10.2. The Balaban J connectivity index is 1.75. The Morgan fingerprint density at radius 1 is 0.875 bits per heavy atom. The lowest BCUT2D eigenvalue weighted by Gasteiger charge is -2.15. The average Bonchev–Trinajstić information content (AvgIpc) is 2.80. The predicted molar refractivity (Wildman–Crippen MR) is 127 cm³/mol. The number of aryl methyl sites for hydroxylation is 2. The van der Waals surface area contributed by atoms with Crippen LogP contribution in [-0.4, -0.2) is 28.8 Å². The number of benzene rings is 2. The minimum atomic E-state index is -0.381. The van der Waals surface area contributed by atoms with Gasteiger partial charge in [-0.1, -0.05) is 42.5 Å². The molecule has 0 aliphatic heterocycles. The first-order valence-electron chi connectivity index (χ1n) is 10.2. The summed E-state index contributed by atoms with van der Waals surface area (Å²) in [6, 6.07) is 18.9. The number of nitrogens with zero attached hydrogens (tertiary/aromatic N) is 2. The van der Waals surface area contributed by atoms with Gasteiger partial charge in [0.25, 0.3) is 11.8 Å². The van der Waals surface area contributed by atoms with Crippen molar-refractivity contribution in [3.8, 4) is 0 Å². The highest BCUT2D eigenvalue weighted by Gasteiger charge is 2.17. The Labute approximate surface area is 185 Å². The van der Waals surface area contributed by atoms with Gasteiger partial charge in [-0.15, -0.1) is 0 Å². The fraction of sp³-hybridized carbons (Fsp3) is 0.120. The Kier molecular flexibility index (Phi) is 5.81. The minimum Gasteiger partial charge on any atom is -0.355 e. The minimum absolute atomic E-state index is 0.297. The molecule has 0 atom stereocenters. The normalized spacial score (nSPS) is 10.6. The molecule has 0 saturated heterocycles. The highest BCUT2D eigenvalue weighted by Crippen LogP contribution is 2.27. The third-order valence-corrected chi connectivity index (χ3v) is 5.11. The molecule has 0 aliphatic carbocycles. The van der Waals surface area contributed by atoms with Crippen molar-refractivity contribution in [2.75, 3.05) is 17.7 Å². The van der Waals surface area contributed by atoms with E-state index in [9.17, 15) is 9.59 Å². The van der Waals surface area contributed by atoms with Gasteiger partial charge in [-0.05, 0) is 43.0 Å². The number of anilines is 3. The SMILES string of the molecule is CNC(=O)c1cnc(Nc2ccccc2C)c(NC(=O)c2nc(C)cc3ccccc23)c1. The summed E-state index contributed by atoms with van der Waals surface area (Å²) in [6.45, 7) is 3.82. The number of hydrogen-bond acceptors (Lipinski definition) is 5. The molecule has 0 unspecified atom stereocenters. The van der Waals surface area contributed by atoms with Crippen molar-refractivity contribution in [1.29, 1.82) is 0 Å². The number of carbonyl (C=O) groups excluding carboxylic acids is 2. The van der Waals surface area contributed by atoms with Gasteiger partial charge in [-0.3, -0.25) is 9.59 Å². The zero-order valence-corrected chi connectivity index (χ0v) is 18.1. The van der Waals surface area contributed by atoms with Crippen LogP contribution in [0.2, 0.25) is 0 Å². The molecule has 0 bridgehead atoms. The van der Waals surface area contributed by atoms with Crippen LogP contribution >= 0.6 is 0 Å². The number of rotatable bonds is 5. The molecule has 3 N–H and O–H groups in total. The van der Waals surface area contributed by atoms with E-state index in [0.29, 0.717) is 22.8 Å². The van der Waals surface area contributed by atoms with Gasteiger partial charge in [0.2, 0.25) is 0 Å². The summed E-state index contributed by atoms with van der Waals surface area (Å²) >= 11 is 0. The molecule has 2 amide bonds. The second-order valence-electron chi connectivity index (χ2n) is 7.43. The number of hydrogen-bond donors (Lipinski definition) is 3. The molecule has 0 aliphatic rings. The smallest absolute Gasteiger partial charge is 0.275 e. The van der Waals surface area contributed by atoms with Crippen LogP contribution in [0.5, 0.6) is 0 Å². The maximum Gasteiger partial charge on any atom is 0.275 e. The number of amides is 2. The Morgan fingerprint density at radius 3 is 2.41 bits per heavy atom. The molecule has 0 fully saturated rings. The summed E-state index contributed by atoms with van der Waals surface area (Å²) in [5.41, 5.74) is 3.64. The summed E-state index contributed by atoms with van der Waals surface area (Å²) in [5, 5.41) is 10.4. The van der Waals surface area contributed by atoms with Crippen LogP contribution in [-0.2, 0) is 0 Å². The van der Waals surface area contributed by atoms with Crippen molar-refractivity contribution < 1.29 is 9.59 Å². The van der Waals surface area contributed by atoms with Gasteiger partial charge in [0.05, 0.1) is 11.3 Å². The summed E-state index contributed by atoms with van der Waals surface area (Å²) in [7, 11) is 1.54. The van der Waals surface area contributed by atoms with Gasteiger partial charge >= 0.3 is 0 Å². The molecule has 4 aromatic rings. The predicted octanol–water partition coefficient (Wildman–Crippen LogP) is 4.60. The Bertz CT molecular complexity index is 1330. The molecule has 2 aromatic carbocycles. The number of para-hydroxylation sites is 1. The molecular formula is C25H23N5O2. The largest absolute Gasteiger partial charge is 0.355 e. The van der Waals surface area contributed by atoms with Gasteiger partial charge in [0.15, 0.2) is 5.82 Å². The lowest BCUT2D eigenvalue weighted by atomic mass is 10.1. The molecule has 0 spiro atoms. The van der Waals surface area contributed by atoms with Crippen molar-refractivity contribution in [1.82, 2.24) is 15.3 Å². The highest BCUT2D eigenvalue weighted by molar-refractivity contribution is 6.12. The van der Waals surface area contributed by atoms with Crippen LogP contribution in [0.25, 0.3) is 10.8 Å². The van der Waals surface area contributed by atoms with Crippen molar-refractivity contribution in [2.24, 2.45) is 0 Å². The van der Waals surface area contributed by atoms with Crippen molar-refractivity contribution in [2.45, 2.75) is 13.8 Å². The molecule has 0 saturated carbocycles. The van der Waals surface area contributed by atoms with E-state index >= 15 is 0 Å². The molecule has 32 heavy (non-hydrogen) atoms. The first kappa shape index (κ1) is 21.0. The first-order chi connectivity index (χ1) is 15.5. The van der Waals surface area contributed by atoms with Gasteiger partial charge < -0.3 is 16.0 Å². The van der Waals surface area contributed by atoms with Crippen LogP contribution in [0.15, 0.2) is 66.9 Å². The highest BCUT2D eigenvalue weighted by atomic mass is 16.2. The zero-order valence-electron chi connectivity index (χ0n) is 18.1. The van der Waals surface area contributed by atoms with Crippen molar-refractivity contribution >= 4 is 39.8 Å². The molecule has 7 heteroatoms. The van der Waals surface area contributed by atoms with Crippen molar-refractivity contribution in [3.63, 3.8) is 0 Å². The summed E-state index contributed by atoms with van der Waals surface area (Å²) in [5.74, 6) is -0.250. The van der Waals surface area contributed by atoms with Gasteiger partial charge in [0, 0.05) is 30.0 Å². The van der Waals surface area contributed by atoms with E-state index in [2.05, 4.69) is 25.9 Å². The number of nitrogens with one attached hydrogen (secondary N) is 3. The van der Waals surface area contributed by atoms with Crippen LogP contribution in [0, 0.1) is 13.8 Å². The Hall–Kier alpha value is -4.26. The topological polar surface area (TPSA) is 96.0 Å². The Morgan fingerprint density at radius 2 is 1.62 bits per heavy atom. The maximum atomic E-state index is 13.3. The fourth-order valence-electron chi connectivity index (χ4n) is 3.46. The van der Waals surface area contributed by atoms with Gasteiger partial charge in [-0.2, -0.15) is 0 Å². The molecule has 7 nitrogen and oxygen atoms in total. The second kappa shape index (κ2) is 8.85. The standard InChI is InChI=1S/C25H23N5O2/c1-15-8-4-7-11-20(15)29-23-21(13-18(14-27-23)24(31)26-3)30-25(32)22-19-10-6-5-9-17(19)12-16(2)28-22/h4-14H,1-3H3,(H,26,31)(H,27,29)(H,30,32). The van der Waals surface area contributed by atoms with E-state index in [-0.39, 0.29) is 11.8 Å². The fourth-order valence-corrected chi connectivity index (χ4v) is 3.46. The van der Waals surface area contributed by atoms with Crippen LogP contribution in [0.4, 0.5) is 17.2 Å². The van der Waals surface area contributed by atoms with Crippen molar-refractivity contribution in [3.05, 3.63) is 89.4 Å². The van der Waals surface area contributed by atoms with Crippen LogP contribution in [0.3, 0.4) is 0 Å². The number of pyridine rings is 2. The maximum absolute atomic E-state index is 13.3. The lowest BCUT2D eigenvalue weighted by Crippen LogP contribution is -2.20. The third kappa shape index (κ3) is 4.27. The number of aromatic nitrogens is 2. The van der Waals surface area contributed by atoms with E-state index in [1.807, 2.05) is 68.4 Å². The third-order valence-electron chi connectivity index (χ3n) is 5.11. The van der Waals surface area contributed by atoms with E-state index in [0.717, 1.165) is 27.7 Å². The number of carbonyl (C=O) groups is 2. The monoisotopic (exact) mass is 425 g/mol. The summed E-state index contributed by atoms with van der Waals surface area (Å²) in [6.07, 6.45) is 1.47. The lowest BCUT2D eigenvalue weighted by molar-refractivity contribution is 0.0961. The average molecular weight is 425 g/mol. The summed E-state index contributed by atoms with van der Waals surface area (Å²) in [4.78, 5) is 34.3. The molecule has 160 valence electrons. The van der Waals surface area contributed by atoms with Crippen LogP contribution in [0.1, 0.15) is 32.1 Å². The molecule has 2 heterocycles. The van der Waals surface area contributed by atoms with E-state index in [4.69, 9.17) is 0 Å². The second-order valence-corrected chi connectivity index (χ2v) is 7.43. The molecular weight excluding hydrogens is 402 g/mol. The molecule has 2 aromatic heterocycles. The summed E-state index contributed by atoms with van der Waals surface area (Å²) < 4.78 is 0.